The van der Waals surface area contributed by atoms with Crippen molar-refractivity contribution in [3.05, 3.63) is 76.2 Å². The summed E-state index contributed by atoms with van der Waals surface area (Å²) in [6.07, 6.45) is 2.99. The van der Waals surface area contributed by atoms with Gasteiger partial charge in [-0.1, -0.05) is 31.2 Å². The summed E-state index contributed by atoms with van der Waals surface area (Å²) in [5.41, 5.74) is 2.34. The Morgan fingerprint density at radius 1 is 1.10 bits per heavy atom. The van der Waals surface area contributed by atoms with Gasteiger partial charge in [0.15, 0.2) is 0 Å². The number of benzene rings is 2. The summed E-state index contributed by atoms with van der Waals surface area (Å²) in [6.45, 7) is 3.22. The van der Waals surface area contributed by atoms with Gasteiger partial charge in [-0.3, -0.25) is 9.36 Å². The first-order valence-corrected chi connectivity index (χ1v) is 10.4. The Morgan fingerprint density at radius 2 is 1.77 bits per heavy atom. The third kappa shape index (κ3) is 4.20. The van der Waals surface area contributed by atoms with Crippen LogP contribution in [0.1, 0.15) is 42.4 Å². The third-order valence-electron chi connectivity index (χ3n) is 5.51. The molecule has 0 aliphatic carbocycles. The van der Waals surface area contributed by atoms with Crippen LogP contribution in [0, 0.1) is 5.82 Å². The minimum atomic E-state index is -0.274. The average molecular weight is 408 g/mol. The number of carbonyl (C=O) groups is 1. The summed E-state index contributed by atoms with van der Waals surface area (Å²) in [5, 5.41) is 7.53. The molecule has 7 heteroatoms. The lowest BCUT2D eigenvalue weighted by Crippen LogP contribution is -2.35. The topological polar surface area (TPSA) is 68.9 Å². The van der Waals surface area contributed by atoms with Gasteiger partial charge in [0.25, 0.3) is 5.91 Å². The zero-order chi connectivity index (χ0) is 21.1. The van der Waals surface area contributed by atoms with Crippen molar-refractivity contribution in [3.8, 4) is 11.1 Å². The van der Waals surface area contributed by atoms with Crippen LogP contribution >= 0.6 is 0 Å². The van der Waals surface area contributed by atoms with E-state index >= 15 is 0 Å². The molecule has 1 aromatic heterocycles. The molecule has 0 saturated heterocycles. The van der Waals surface area contributed by atoms with E-state index in [1.165, 1.54) is 16.8 Å². The Labute approximate surface area is 174 Å². The van der Waals surface area contributed by atoms with Gasteiger partial charge >= 0.3 is 5.69 Å². The summed E-state index contributed by atoms with van der Waals surface area (Å²) >= 11 is 0. The molecule has 4 rings (SSSR count). The molecule has 0 bridgehead atoms. The van der Waals surface area contributed by atoms with E-state index in [0.29, 0.717) is 31.5 Å². The van der Waals surface area contributed by atoms with Crippen LogP contribution in [0.3, 0.4) is 0 Å². The molecule has 156 valence electrons. The molecule has 1 aliphatic rings. The Kier molecular flexibility index (Phi) is 5.79. The molecule has 0 fully saturated rings. The van der Waals surface area contributed by atoms with Crippen molar-refractivity contribution in [2.45, 2.75) is 51.7 Å². The SMILES string of the molecule is CCCn1nc2n(c1=O)CCC(NC(=O)c1ccc(-c3ccc(F)cc3)cc1)CC2. The number of aryl methyl sites for hydroxylation is 2. The Morgan fingerprint density at radius 3 is 2.43 bits per heavy atom. The van der Waals surface area contributed by atoms with Crippen molar-refractivity contribution in [2.75, 3.05) is 0 Å². The van der Waals surface area contributed by atoms with Crippen LogP contribution in [0.4, 0.5) is 4.39 Å². The predicted molar refractivity (Wildman–Crippen MR) is 113 cm³/mol. The maximum atomic E-state index is 13.1. The molecule has 1 aliphatic heterocycles. The molecule has 0 saturated carbocycles. The minimum absolute atomic E-state index is 0.00463. The van der Waals surface area contributed by atoms with Crippen molar-refractivity contribution < 1.29 is 9.18 Å². The average Bonchev–Trinajstić information content (AvgIpc) is 2.92. The van der Waals surface area contributed by atoms with Crippen LogP contribution in [-0.4, -0.2) is 26.3 Å². The van der Waals surface area contributed by atoms with E-state index < -0.39 is 0 Å². The number of carbonyl (C=O) groups excluding carboxylic acids is 1. The van der Waals surface area contributed by atoms with E-state index in [1.54, 1.807) is 28.8 Å². The van der Waals surface area contributed by atoms with Crippen LogP contribution in [0.5, 0.6) is 0 Å². The zero-order valence-corrected chi connectivity index (χ0v) is 17.0. The molecule has 1 unspecified atom stereocenters. The normalized spacial score (nSPS) is 16.0. The highest BCUT2D eigenvalue weighted by Crippen LogP contribution is 2.20. The van der Waals surface area contributed by atoms with Crippen LogP contribution in [-0.2, 0) is 19.5 Å². The van der Waals surface area contributed by atoms with E-state index in [-0.39, 0.29) is 23.5 Å². The summed E-state index contributed by atoms with van der Waals surface area (Å²) in [6, 6.07) is 13.5. The standard InChI is InChI=1S/C23H25FN4O2/c1-2-14-28-23(30)27-15-13-20(11-12-21(27)26-28)25-22(29)18-5-3-16(4-6-18)17-7-9-19(24)10-8-17/h3-10,20H,2,11-15H2,1H3,(H,25,29). The number of fused-ring (bicyclic) bond motifs is 1. The highest BCUT2D eigenvalue weighted by atomic mass is 19.1. The van der Waals surface area contributed by atoms with E-state index in [2.05, 4.69) is 10.4 Å². The summed E-state index contributed by atoms with van der Waals surface area (Å²) < 4.78 is 16.4. The van der Waals surface area contributed by atoms with Crippen LogP contribution < -0.4 is 11.0 Å². The number of nitrogens with zero attached hydrogens (tertiary/aromatic N) is 3. The lowest BCUT2D eigenvalue weighted by Gasteiger charge is -2.16. The lowest BCUT2D eigenvalue weighted by atomic mass is 10.0. The molecule has 30 heavy (non-hydrogen) atoms. The number of hydrogen-bond acceptors (Lipinski definition) is 3. The monoisotopic (exact) mass is 408 g/mol. The van der Waals surface area contributed by atoms with E-state index in [0.717, 1.165) is 29.8 Å². The second-order valence-electron chi connectivity index (χ2n) is 7.66. The molecule has 1 atom stereocenters. The van der Waals surface area contributed by atoms with E-state index in [1.807, 2.05) is 19.1 Å². The van der Waals surface area contributed by atoms with Crippen molar-refractivity contribution in [3.63, 3.8) is 0 Å². The molecule has 0 radical (unpaired) electrons. The number of nitrogens with one attached hydrogen (secondary N) is 1. The maximum absolute atomic E-state index is 13.1. The summed E-state index contributed by atoms with van der Waals surface area (Å²) in [4.78, 5) is 25.1. The maximum Gasteiger partial charge on any atom is 0.345 e. The second kappa shape index (κ2) is 8.65. The van der Waals surface area contributed by atoms with Crippen molar-refractivity contribution in [2.24, 2.45) is 0 Å². The minimum Gasteiger partial charge on any atom is -0.349 e. The summed E-state index contributed by atoms with van der Waals surface area (Å²) in [5.74, 6) is 0.395. The molecule has 1 N–H and O–H groups in total. The second-order valence-corrected chi connectivity index (χ2v) is 7.66. The van der Waals surface area contributed by atoms with Gasteiger partial charge in [-0.2, -0.15) is 5.10 Å². The predicted octanol–water partition coefficient (Wildman–Crippen LogP) is 3.40. The van der Waals surface area contributed by atoms with Crippen LogP contribution in [0.15, 0.2) is 53.3 Å². The number of halogens is 1. The largest absolute Gasteiger partial charge is 0.349 e. The Bertz CT molecular complexity index is 1080. The Hall–Kier alpha value is -3.22. The number of hydrogen-bond donors (Lipinski definition) is 1. The molecule has 6 nitrogen and oxygen atoms in total. The van der Waals surface area contributed by atoms with Crippen LogP contribution in [0.25, 0.3) is 11.1 Å². The molecule has 2 aromatic carbocycles. The number of aromatic nitrogens is 3. The molecule has 1 amide bonds. The van der Waals surface area contributed by atoms with E-state index in [9.17, 15) is 14.0 Å². The first kappa shape index (κ1) is 20.1. The molecule has 2 heterocycles. The van der Waals surface area contributed by atoms with Gasteiger partial charge in [0.1, 0.15) is 11.6 Å². The highest BCUT2D eigenvalue weighted by molar-refractivity contribution is 5.94. The van der Waals surface area contributed by atoms with Gasteiger partial charge in [0, 0.05) is 31.1 Å². The first-order chi connectivity index (χ1) is 14.5. The van der Waals surface area contributed by atoms with Crippen molar-refractivity contribution in [1.82, 2.24) is 19.7 Å². The van der Waals surface area contributed by atoms with Crippen molar-refractivity contribution in [1.29, 1.82) is 0 Å². The molecular weight excluding hydrogens is 383 g/mol. The number of amides is 1. The lowest BCUT2D eigenvalue weighted by molar-refractivity contribution is 0.0933. The van der Waals surface area contributed by atoms with Gasteiger partial charge in [0.2, 0.25) is 0 Å². The summed E-state index contributed by atoms with van der Waals surface area (Å²) in [7, 11) is 0. The third-order valence-corrected chi connectivity index (χ3v) is 5.51. The highest BCUT2D eigenvalue weighted by Gasteiger charge is 2.22. The fourth-order valence-corrected chi connectivity index (χ4v) is 3.86. The van der Waals surface area contributed by atoms with Crippen LogP contribution in [0.2, 0.25) is 0 Å². The molecular formula is C23H25FN4O2. The zero-order valence-electron chi connectivity index (χ0n) is 17.0. The van der Waals surface area contributed by atoms with E-state index in [4.69, 9.17) is 0 Å². The van der Waals surface area contributed by atoms with Crippen molar-refractivity contribution >= 4 is 5.91 Å². The van der Waals surface area contributed by atoms with Gasteiger partial charge < -0.3 is 5.32 Å². The number of rotatable bonds is 5. The van der Waals surface area contributed by atoms with Gasteiger partial charge in [-0.15, -0.1) is 0 Å². The molecule has 3 aromatic rings. The van der Waals surface area contributed by atoms with Gasteiger partial charge in [-0.25, -0.2) is 13.9 Å². The van der Waals surface area contributed by atoms with Gasteiger partial charge in [0.05, 0.1) is 0 Å². The Balaban J connectivity index is 1.39. The fraction of sp³-hybridized carbons (Fsp3) is 0.348. The smallest absolute Gasteiger partial charge is 0.345 e. The first-order valence-electron chi connectivity index (χ1n) is 10.4. The quantitative estimate of drug-likeness (QED) is 0.704. The fourth-order valence-electron chi connectivity index (χ4n) is 3.86. The van der Waals surface area contributed by atoms with Gasteiger partial charge in [-0.05, 0) is 54.7 Å². The molecule has 0 spiro atoms.